The molecule has 0 unspecified atom stereocenters. The molecule has 31 heavy (non-hydrogen) atoms. The first-order chi connectivity index (χ1) is 15.0. The van der Waals surface area contributed by atoms with Crippen LogP contribution in [0.25, 0.3) is 11.4 Å². The van der Waals surface area contributed by atoms with Crippen LogP contribution in [0.15, 0.2) is 42.5 Å². The zero-order valence-corrected chi connectivity index (χ0v) is 17.7. The number of benzene rings is 2. The van der Waals surface area contributed by atoms with Crippen LogP contribution in [0.1, 0.15) is 51.4 Å². The van der Waals surface area contributed by atoms with E-state index >= 15 is 0 Å². The number of nitrogens with one attached hydrogen (secondary N) is 2. The van der Waals surface area contributed by atoms with Crippen molar-refractivity contribution in [3.05, 3.63) is 70.8 Å². The van der Waals surface area contributed by atoms with E-state index in [0.29, 0.717) is 22.8 Å². The fraction of sp³-hybridized carbons (Fsp3) is 0.292. The second-order valence-corrected chi connectivity index (χ2v) is 7.76. The Labute approximate surface area is 180 Å². The molecule has 0 aliphatic carbocycles. The van der Waals surface area contributed by atoms with Gasteiger partial charge in [-0.1, -0.05) is 12.5 Å². The van der Waals surface area contributed by atoms with E-state index in [2.05, 4.69) is 20.2 Å². The molecule has 2 N–H and O–H groups in total. The maximum Gasteiger partial charge on any atom is 0.276 e. The summed E-state index contributed by atoms with van der Waals surface area (Å²) in [6, 6.07) is 11.4. The summed E-state index contributed by atoms with van der Waals surface area (Å²) in [5.41, 5.74) is 3.95. The van der Waals surface area contributed by atoms with Gasteiger partial charge in [0.1, 0.15) is 17.3 Å². The monoisotopic (exact) mass is 420 g/mol. The standard InChI is InChI=1S/C24H25FN4O2/c1-15-7-8-17(23(30)26-2)14-19(15)27-24(31)21-20-6-4-3-5-13-29(20)22(28-21)16-9-11-18(25)12-10-16/h7-12,14H,3-6,13H2,1-2H3,(H,26,30)(H,27,31). The summed E-state index contributed by atoms with van der Waals surface area (Å²) in [5, 5.41) is 5.53. The van der Waals surface area contributed by atoms with E-state index in [1.54, 1.807) is 37.4 Å². The van der Waals surface area contributed by atoms with Crippen molar-refractivity contribution in [2.45, 2.75) is 39.2 Å². The number of carbonyl (C=O) groups excluding carboxylic acids is 2. The zero-order chi connectivity index (χ0) is 22.0. The molecule has 160 valence electrons. The highest BCUT2D eigenvalue weighted by Gasteiger charge is 2.25. The fourth-order valence-electron chi connectivity index (χ4n) is 3.94. The van der Waals surface area contributed by atoms with Crippen LogP contribution < -0.4 is 10.6 Å². The number of rotatable bonds is 4. The minimum atomic E-state index is -0.309. The molecule has 7 heteroatoms. The third kappa shape index (κ3) is 4.21. The number of carbonyl (C=O) groups is 2. The second kappa shape index (κ2) is 8.71. The highest BCUT2D eigenvalue weighted by Crippen LogP contribution is 2.28. The lowest BCUT2D eigenvalue weighted by molar-refractivity contribution is 0.0961. The molecule has 1 aromatic heterocycles. The van der Waals surface area contributed by atoms with Crippen molar-refractivity contribution in [1.82, 2.24) is 14.9 Å². The largest absolute Gasteiger partial charge is 0.355 e. The third-order valence-corrected chi connectivity index (χ3v) is 5.66. The molecule has 4 rings (SSSR count). The van der Waals surface area contributed by atoms with Crippen LogP contribution >= 0.6 is 0 Å². The van der Waals surface area contributed by atoms with E-state index in [1.807, 2.05) is 6.92 Å². The van der Waals surface area contributed by atoms with Gasteiger partial charge in [0, 0.05) is 30.4 Å². The number of anilines is 1. The van der Waals surface area contributed by atoms with E-state index in [0.717, 1.165) is 49.0 Å². The van der Waals surface area contributed by atoms with Gasteiger partial charge in [0.15, 0.2) is 0 Å². The summed E-state index contributed by atoms with van der Waals surface area (Å²) in [7, 11) is 1.57. The van der Waals surface area contributed by atoms with Crippen molar-refractivity contribution < 1.29 is 14.0 Å². The Balaban J connectivity index is 1.72. The Morgan fingerprint density at radius 3 is 2.55 bits per heavy atom. The molecular formula is C24H25FN4O2. The predicted molar refractivity (Wildman–Crippen MR) is 118 cm³/mol. The predicted octanol–water partition coefficient (Wildman–Crippen LogP) is 4.34. The number of imidazole rings is 1. The Bertz CT molecular complexity index is 1140. The number of amides is 2. The van der Waals surface area contributed by atoms with Crippen LogP contribution in [-0.2, 0) is 13.0 Å². The van der Waals surface area contributed by atoms with E-state index < -0.39 is 0 Å². The SMILES string of the molecule is CNC(=O)c1ccc(C)c(NC(=O)c2nc(-c3ccc(F)cc3)n3c2CCCCC3)c1. The molecule has 2 amide bonds. The van der Waals surface area contributed by atoms with Gasteiger partial charge in [-0.25, -0.2) is 9.37 Å². The Kier molecular flexibility index (Phi) is 5.84. The highest BCUT2D eigenvalue weighted by molar-refractivity contribution is 6.05. The van der Waals surface area contributed by atoms with Gasteiger partial charge in [0.2, 0.25) is 0 Å². The average Bonchev–Trinajstić information content (AvgIpc) is 2.96. The molecule has 0 bridgehead atoms. The van der Waals surface area contributed by atoms with Gasteiger partial charge in [-0.15, -0.1) is 0 Å². The number of nitrogens with zero attached hydrogens (tertiary/aromatic N) is 2. The van der Waals surface area contributed by atoms with Gasteiger partial charge in [-0.2, -0.15) is 0 Å². The van der Waals surface area contributed by atoms with Crippen LogP contribution in [0.5, 0.6) is 0 Å². The van der Waals surface area contributed by atoms with Crippen molar-refractivity contribution in [2.75, 3.05) is 12.4 Å². The summed E-state index contributed by atoms with van der Waals surface area (Å²) < 4.78 is 15.5. The van der Waals surface area contributed by atoms with Crippen molar-refractivity contribution >= 4 is 17.5 Å². The normalized spacial score (nSPS) is 13.3. The van der Waals surface area contributed by atoms with Crippen LogP contribution in [0.3, 0.4) is 0 Å². The molecule has 0 fully saturated rings. The number of hydrogen-bond donors (Lipinski definition) is 2. The van der Waals surface area contributed by atoms with Crippen LogP contribution in [0.2, 0.25) is 0 Å². The molecular weight excluding hydrogens is 395 g/mol. The summed E-state index contributed by atoms with van der Waals surface area (Å²) in [5.74, 6) is -0.158. The second-order valence-electron chi connectivity index (χ2n) is 7.76. The Morgan fingerprint density at radius 1 is 1.03 bits per heavy atom. The smallest absolute Gasteiger partial charge is 0.276 e. The van der Waals surface area contributed by atoms with Gasteiger partial charge < -0.3 is 15.2 Å². The van der Waals surface area contributed by atoms with Gasteiger partial charge in [0.05, 0.1) is 5.69 Å². The van der Waals surface area contributed by atoms with Crippen molar-refractivity contribution in [3.8, 4) is 11.4 Å². The average molecular weight is 420 g/mol. The zero-order valence-electron chi connectivity index (χ0n) is 17.7. The van der Waals surface area contributed by atoms with Gasteiger partial charge >= 0.3 is 0 Å². The molecule has 3 aromatic rings. The molecule has 0 spiro atoms. The third-order valence-electron chi connectivity index (χ3n) is 5.66. The minimum absolute atomic E-state index is 0.218. The van der Waals surface area contributed by atoms with Crippen molar-refractivity contribution in [2.24, 2.45) is 0 Å². The van der Waals surface area contributed by atoms with Gasteiger partial charge in [-0.05, 0) is 68.1 Å². The number of halogens is 1. The fourth-order valence-corrected chi connectivity index (χ4v) is 3.94. The van der Waals surface area contributed by atoms with E-state index in [-0.39, 0.29) is 17.6 Å². The first-order valence-corrected chi connectivity index (χ1v) is 10.5. The van der Waals surface area contributed by atoms with Crippen LogP contribution in [0, 0.1) is 12.7 Å². The lowest BCUT2D eigenvalue weighted by atomic mass is 10.1. The maximum absolute atomic E-state index is 13.4. The molecule has 6 nitrogen and oxygen atoms in total. The lowest BCUT2D eigenvalue weighted by Crippen LogP contribution is -2.19. The van der Waals surface area contributed by atoms with Crippen molar-refractivity contribution in [3.63, 3.8) is 0 Å². The molecule has 0 atom stereocenters. The summed E-state index contributed by atoms with van der Waals surface area (Å²) >= 11 is 0. The highest BCUT2D eigenvalue weighted by atomic mass is 19.1. The summed E-state index contributed by atoms with van der Waals surface area (Å²) in [6.07, 6.45) is 3.83. The number of hydrogen-bond acceptors (Lipinski definition) is 3. The number of aromatic nitrogens is 2. The first-order valence-electron chi connectivity index (χ1n) is 10.5. The summed E-state index contributed by atoms with van der Waals surface area (Å²) in [4.78, 5) is 29.9. The minimum Gasteiger partial charge on any atom is -0.355 e. The van der Waals surface area contributed by atoms with E-state index in [9.17, 15) is 14.0 Å². The molecule has 1 aliphatic rings. The molecule has 0 radical (unpaired) electrons. The first kappa shape index (κ1) is 20.8. The molecule has 2 heterocycles. The number of fused-ring (bicyclic) bond motifs is 1. The van der Waals surface area contributed by atoms with Crippen molar-refractivity contribution in [1.29, 1.82) is 0 Å². The lowest BCUT2D eigenvalue weighted by Gasteiger charge is -2.11. The topological polar surface area (TPSA) is 76.0 Å². The van der Waals surface area contributed by atoms with Crippen LogP contribution in [0.4, 0.5) is 10.1 Å². The van der Waals surface area contributed by atoms with Gasteiger partial charge in [0.25, 0.3) is 11.8 Å². The Morgan fingerprint density at radius 2 is 1.81 bits per heavy atom. The maximum atomic E-state index is 13.4. The molecule has 0 saturated carbocycles. The summed E-state index contributed by atoms with van der Waals surface area (Å²) in [6.45, 7) is 2.65. The molecule has 0 saturated heterocycles. The van der Waals surface area contributed by atoms with E-state index in [4.69, 9.17) is 0 Å². The van der Waals surface area contributed by atoms with Gasteiger partial charge in [-0.3, -0.25) is 9.59 Å². The quantitative estimate of drug-likeness (QED) is 0.659. The molecule has 1 aliphatic heterocycles. The van der Waals surface area contributed by atoms with E-state index in [1.165, 1.54) is 12.1 Å². The Hall–Kier alpha value is -3.48. The molecule has 2 aromatic carbocycles. The van der Waals surface area contributed by atoms with Crippen LogP contribution in [-0.4, -0.2) is 28.4 Å². The number of aryl methyl sites for hydroxylation is 1.